The van der Waals surface area contributed by atoms with E-state index in [4.69, 9.17) is 14.3 Å². The Kier molecular flexibility index (Phi) is 9.26. The number of hydrogen-bond donors (Lipinski definition) is 2. The van der Waals surface area contributed by atoms with E-state index in [-0.39, 0.29) is 38.3 Å². The number of amides is 4. The second kappa shape index (κ2) is 12.8. The van der Waals surface area contributed by atoms with Gasteiger partial charge in [0.05, 0.1) is 0 Å². The summed E-state index contributed by atoms with van der Waals surface area (Å²) in [5, 5.41) is 5.60. The fourth-order valence-corrected chi connectivity index (χ4v) is 4.82. The number of nitrogens with zero attached hydrogens (tertiary/aromatic N) is 1. The molecule has 2 aliphatic rings. The molecule has 4 amide bonds. The number of nitrogens with one attached hydrogen (secondary N) is 2. The lowest BCUT2D eigenvalue weighted by Gasteiger charge is -2.23. The number of alkyl carbamates (subject to hydrolysis) is 2. The van der Waals surface area contributed by atoms with Gasteiger partial charge in [-0.15, -0.1) is 5.06 Å². The molecule has 1 atom stereocenters. The average molecular weight is 566 g/mol. The molecular formula is C30H35N3O8. The topological polar surface area (TPSA) is 140 Å². The lowest BCUT2D eigenvalue weighted by atomic mass is 9.98. The number of unbranched alkanes of at least 4 members (excludes halogenated alkanes) is 1. The molecule has 2 aromatic rings. The van der Waals surface area contributed by atoms with Gasteiger partial charge in [0.15, 0.2) is 0 Å². The molecule has 1 aliphatic heterocycles. The summed E-state index contributed by atoms with van der Waals surface area (Å²) in [6.07, 6.45) is -0.487. The molecule has 1 saturated heterocycles. The number of carbonyl (C=O) groups excluding carboxylic acids is 5. The predicted octanol–water partition coefficient (Wildman–Crippen LogP) is 4.20. The van der Waals surface area contributed by atoms with Crippen molar-refractivity contribution in [2.75, 3.05) is 13.2 Å². The lowest BCUT2D eigenvalue weighted by molar-refractivity contribution is -0.199. The Morgan fingerprint density at radius 3 is 2.07 bits per heavy atom. The maximum absolute atomic E-state index is 12.7. The first-order valence-corrected chi connectivity index (χ1v) is 13.7. The van der Waals surface area contributed by atoms with Crippen LogP contribution in [0.5, 0.6) is 0 Å². The molecule has 1 fully saturated rings. The Bertz CT molecular complexity index is 1260. The zero-order chi connectivity index (χ0) is 29.6. The average Bonchev–Trinajstić information content (AvgIpc) is 3.41. The highest BCUT2D eigenvalue weighted by molar-refractivity contribution is 6.01. The molecule has 0 aromatic heterocycles. The van der Waals surface area contributed by atoms with Gasteiger partial charge in [-0.1, -0.05) is 48.5 Å². The summed E-state index contributed by atoms with van der Waals surface area (Å²) in [6.45, 7) is 5.50. The summed E-state index contributed by atoms with van der Waals surface area (Å²) in [5.74, 6) is -2.24. The second-order valence-corrected chi connectivity index (χ2v) is 10.9. The number of fused-ring (bicyclic) bond motifs is 3. The number of imide groups is 1. The largest absolute Gasteiger partial charge is 0.449 e. The minimum Gasteiger partial charge on any atom is -0.449 e. The van der Waals surface area contributed by atoms with Crippen molar-refractivity contribution >= 4 is 30.0 Å². The number of hydroxylamine groups is 2. The third kappa shape index (κ3) is 7.62. The summed E-state index contributed by atoms with van der Waals surface area (Å²) >= 11 is 0. The summed E-state index contributed by atoms with van der Waals surface area (Å²) in [5.41, 5.74) is 3.72. The molecule has 1 heterocycles. The van der Waals surface area contributed by atoms with Crippen LogP contribution in [0.1, 0.15) is 69.9 Å². The maximum Gasteiger partial charge on any atom is 0.408 e. The molecule has 2 aromatic carbocycles. The molecule has 0 radical (unpaired) electrons. The van der Waals surface area contributed by atoms with E-state index < -0.39 is 41.6 Å². The van der Waals surface area contributed by atoms with Gasteiger partial charge in [0, 0.05) is 25.3 Å². The lowest BCUT2D eigenvalue weighted by Crippen LogP contribution is -2.46. The van der Waals surface area contributed by atoms with Crippen LogP contribution >= 0.6 is 0 Å². The van der Waals surface area contributed by atoms with Gasteiger partial charge in [0.2, 0.25) is 0 Å². The van der Waals surface area contributed by atoms with Crippen molar-refractivity contribution in [1.82, 2.24) is 15.7 Å². The Labute approximate surface area is 238 Å². The van der Waals surface area contributed by atoms with E-state index in [1.165, 1.54) is 0 Å². The van der Waals surface area contributed by atoms with Crippen molar-refractivity contribution in [2.45, 2.75) is 70.4 Å². The normalized spacial score (nSPS) is 15.1. The van der Waals surface area contributed by atoms with Crippen molar-refractivity contribution in [1.29, 1.82) is 0 Å². The molecule has 0 unspecified atom stereocenters. The molecule has 0 saturated carbocycles. The minimum absolute atomic E-state index is 0.0438. The molecule has 0 spiro atoms. The van der Waals surface area contributed by atoms with Gasteiger partial charge in [0.1, 0.15) is 18.2 Å². The van der Waals surface area contributed by atoms with Crippen LogP contribution in [0.4, 0.5) is 9.59 Å². The molecule has 11 nitrogen and oxygen atoms in total. The molecule has 41 heavy (non-hydrogen) atoms. The van der Waals surface area contributed by atoms with Gasteiger partial charge in [-0.2, -0.15) is 0 Å². The third-order valence-electron chi connectivity index (χ3n) is 6.70. The van der Waals surface area contributed by atoms with Crippen LogP contribution in [-0.2, 0) is 28.7 Å². The van der Waals surface area contributed by atoms with Gasteiger partial charge >= 0.3 is 18.2 Å². The number of rotatable bonds is 10. The fraction of sp³-hybridized carbons (Fsp3) is 0.433. The summed E-state index contributed by atoms with van der Waals surface area (Å²) in [7, 11) is 0. The van der Waals surface area contributed by atoms with Crippen molar-refractivity contribution in [2.24, 2.45) is 0 Å². The summed E-state index contributed by atoms with van der Waals surface area (Å²) in [4.78, 5) is 66.1. The van der Waals surface area contributed by atoms with Crippen molar-refractivity contribution in [3.8, 4) is 11.1 Å². The first-order chi connectivity index (χ1) is 19.5. The first kappa shape index (κ1) is 29.6. The second-order valence-electron chi connectivity index (χ2n) is 10.9. The molecule has 218 valence electrons. The van der Waals surface area contributed by atoms with E-state index >= 15 is 0 Å². The van der Waals surface area contributed by atoms with Gasteiger partial charge < -0.3 is 24.9 Å². The molecule has 4 rings (SSSR count). The van der Waals surface area contributed by atoms with E-state index in [1.54, 1.807) is 20.8 Å². The van der Waals surface area contributed by atoms with Crippen LogP contribution in [0.25, 0.3) is 11.1 Å². The number of ether oxygens (including phenoxy) is 2. The third-order valence-corrected chi connectivity index (χ3v) is 6.70. The van der Waals surface area contributed by atoms with Crippen LogP contribution in [-0.4, -0.2) is 59.8 Å². The highest BCUT2D eigenvalue weighted by Crippen LogP contribution is 2.44. The number of benzene rings is 2. The summed E-state index contributed by atoms with van der Waals surface area (Å²) in [6, 6.07) is 15.0. The monoisotopic (exact) mass is 565 g/mol. The molecule has 2 N–H and O–H groups in total. The van der Waals surface area contributed by atoms with Crippen LogP contribution in [0, 0.1) is 0 Å². The van der Waals surface area contributed by atoms with E-state index in [1.807, 2.05) is 36.4 Å². The standard InChI is InChI=1S/C30H35N3O8/c1-30(2,3)40-29(38)32-24(27(36)41-33-25(34)15-16-26(33)35)14-8-9-17-31-28(37)39-18-23-21-12-6-4-10-19(21)20-11-5-7-13-22(20)23/h4-7,10-13,23-24H,8-9,14-18H2,1-3H3,(H,31,37)(H,32,38)/t24-/m0/s1. The van der Waals surface area contributed by atoms with E-state index in [9.17, 15) is 24.0 Å². The van der Waals surface area contributed by atoms with E-state index in [0.717, 1.165) is 22.3 Å². The van der Waals surface area contributed by atoms with Crippen LogP contribution < -0.4 is 10.6 Å². The van der Waals surface area contributed by atoms with Gasteiger partial charge in [0.25, 0.3) is 11.8 Å². The Balaban J connectivity index is 1.24. The maximum atomic E-state index is 12.7. The van der Waals surface area contributed by atoms with Gasteiger partial charge in [-0.05, 0) is 62.3 Å². The number of carbonyl (C=O) groups is 5. The minimum atomic E-state index is -1.17. The smallest absolute Gasteiger partial charge is 0.408 e. The zero-order valence-corrected chi connectivity index (χ0v) is 23.4. The van der Waals surface area contributed by atoms with Crippen LogP contribution in [0.3, 0.4) is 0 Å². The van der Waals surface area contributed by atoms with Crippen LogP contribution in [0.2, 0.25) is 0 Å². The Morgan fingerprint density at radius 1 is 0.902 bits per heavy atom. The highest BCUT2D eigenvalue weighted by Gasteiger charge is 2.36. The van der Waals surface area contributed by atoms with Crippen molar-refractivity contribution in [3.05, 3.63) is 59.7 Å². The van der Waals surface area contributed by atoms with Gasteiger partial charge in [-0.3, -0.25) is 9.59 Å². The molecular weight excluding hydrogens is 530 g/mol. The van der Waals surface area contributed by atoms with E-state index in [2.05, 4.69) is 22.8 Å². The molecule has 0 bridgehead atoms. The predicted molar refractivity (Wildman–Crippen MR) is 147 cm³/mol. The molecule has 11 heteroatoms. The number of hydrogen-bond acceptors (Lipinski definition) is 8. The summed E-state index contributed by atoms with van der Waals surface area (Å²) < 4.78 is 10.8. The first-order valence-electron chi connectivity index (χ1n) is 13.7. The quantitative estimate of drug-likeness (QED) is 0.323. The zero-order valence-electron chi connectivity index (χ0n) is 23.4. The highest BCUT2D eigenvalue weighted by atomic mass is 16.7. The van der Waals surface area contributed by atoms with Crippen molar-refractivity contribution < 1.29 is 38.3 Å². The SMILES string of the molecule is CC(C)(C)OC(=O)N[C@@H](CCCCNC(=O)OCC1c2ccccc2-c2ccccc21)C(=O)ON1C(=O)CCC1=O. The van der Waals surface area contributed by atoms with E-state index in [0.29, 0.717) is 17.9 Å². The van der Waals surface area contributed by atoms with Crippen LogP contribution in [0.15, 0.2) is 48.5 Å². The van der Waals surface area contributed by atoms with Crippen molar-refractivity contribution in [3.63, 3.8) is 0 Å². The Morgan fingerprint density at radius 2 is 1.49 bits per heavy atom. The fourth-order valence-electron chi connectivity index (χ4n) is 4.82. The van der Waals surface area contributed by atoms with Gasteiger partial charge in [-0.25, -0.2) is 14.4 Å². The molecule has 1 aliphatic carbocycles. The Hall–Kier alpha value is -4.41.